The molecule has 0 heterocycles. The third kappa shape index (κ3) is 3.83. The van der Waals surface area contributed by atoms with Crippen molar-refractivity contribution >= 4 is 17.6 Å². The average molecular weight is 435 g/mol. The number of aliphatic hydroxyl groups is 2. The van der Waals surface area contributed by atoms with Crippen molar-refractivity contribution in [3.63, 3.8) is 0 Å². The molecule has 3 rings (SSSR count). The van der Waals surface area contributed by atoms with E-state index in [-0.39, 0.29) is 11.1 Å². The van der Waals surface area contributed by atoms with Crippen molar-refractivity contribution in [2.75, 3.05) is 5.32 Å². The van der Waals surface area contributed by atoms with E-state index in [9.17, 15) is 46.1 Å². The Morgan fingerprint density at radius 1 is 0.833 bits per heavy atom. The van der Waals surface area contributed by atoms with Gasteiger partial charge in [-0.15, -0.1) is 0 Å². The number of ether oxygens (including phenoxy) is 1. The maximum Gasteiger partial charge on any atom is 0.491 e. The second-order valence-corrected chi connectivity index (χ2v) is 6.21. The van der Waals surface area contributed by atoms with Gasteiger partial charge in [0.15, 0.2) is 0 Å². The van der Waals surface area contributed by atoms with Crippen LogP contribution in [0, 0.1) is 0 Å². The van der Waals surface area contributed by atoms with Crippen LogP contribution in [0.25, 0.3) is 0 Å². The molecule has 2 unspecified atom stereocenters. The number of benzene rings is 2. The van der Waals surface area contributed by atoms with E-state index in [1.165, 1.54) is 29.6 Å². The van der Waals surface area contributed by atoms with Crippen molar-refractivity contribution < 1.29 is 50.9 Å². The first kappa shape index (κ1) is 21.6. The average Bonchev–Trinajstić information content (AvgIpc) is 2.65. The third-order valence-electron chi connectivity index (χ3n) is 4.32. The molecule has 0 radical (unpaired) electrons. The molecule has 0 spiro atoms. The molecule has 0 aromatic heterocycles. The fourth-order valence-electron chi connectivity index (χ4n) is 3.06. The van der Waals surface area contributed by atoms with E-state index in [4.69, 9.17) is 0 Å². The molecule has 0 bridgehead atoms. The first-order chi connectivity index (χ1) is 13.8. The predicted octanol–water partition coefficient (Wildman–Crippen LogP) is 3.13. The van der Waals surface area contributed by atoms with E-state index in [0.717, 1.165) is 6.07 Å². The van der Waals surface area contributed by atoms with Gasteiger partial charge in [0.1, 0.15) is 18.0 Å². The monoisotopic (exact) mass is 435 g/mol. The van der Waals surface area contributed by atoms with Crippen molar-refractivity contribution in [2.45, 2.75) is 24.6 Å². The Morgan fingerprint density at radius 3 is 1.87 bits per heavy atom. The van der Waals surface area contributed by atoms with Crippen molar-refractivity contribution in [1.82, 2.24) is 0 Å². The van der Waals surface area contributed by atoms with Gasteiger partial charge in [0.2, 0.25) is 0 Å². The normalized spacial score (nSPS) is 18.3. The van der Waals surface area contributed by atoms with Crippen LogP contribution in [-0.2, 0) is 9.59 Å². The molecule has 1 aliphatic rings. The summed E-state index contributed by atoms with van der Waals surface area (Å²) in [6.45, 7) is 0. The van der Waals surface area contributed by atoms with Gasteiger partial charge in [-0.25, -0.2) is 4.79 Å². The van der Waals surface area contributed by atoms with Crippen LogP contribution in [0.3, 0.4) is 0 Å². The number of hydrogen-bond acceptors (Lipinski definition) is 5. The van der Waals surface area contributed by atoms with Crippen LogP contribution in [-0.4, -0.2) is 34.4 Å². The fourth-order valence-corrected chi connectivity index (χ4v) is 3.06. The van der Waals surface area contributed by atoms with Crippen LogP contribution < -0.4 is 10.1 Å². The van der Waals surface area contributed by atoms with Gasteiger partial charge in [-0.05, 0) is 23.3 Å². The zero-order valence-electron chi connectivity index (χ0n) is 14.5. The zero-order valence-corrected chi connectivity index (χ0v) is 14.5. The summed E-state index contributed by atoms with van der Waals surface area (Å²) in [5.41, 5.74) is -1.68. The molecule has 0 saturated heterocycles. The number of anilines is 1. The van der Waals surface area contributed by atoms with Gasteiger partial charge in [-0.1, -0.05) is 24.3 Å². The SMILES string of the molecule is O=C(Nc1ccc(OC(=O)C(F)(F)F)c2c1C(O)c1ccccc1C2O)C(F)(F)F. The molecule has 0 saturated carbocycles. The maximum atomic E-state index is 12.6. The Hall–Kier alpha value is -3.12. The third-order valence-corrected chi connectivity index (χ3v) is 4.32. The van der Waals surface area contributed by atoms with Gasteiger partial charge in [0.05, 0.1) is 0 Å². The van der Waals surface area contributed by atoms with Crippen LogP contribution in [0.5, 0.6) is 5.75 Å². The number of aliphatic hydroxyl groups excluding tert-OH is 2. The quantitative estimate of drug-likeness (QED) is 0.383. The number of amides is 1. The van der Waals surface area contributed by atoms with E-state index in [0.29, 0.717) is 6.07 Å². The Kier molecular flexibility index (Phi) is 5.24. The van der Waals surface area contributed by atoms with E-state index in [2.05, 4.69) is 4.74 Å². The van der Waals surface area contributed by atoms with Crippen molar-refractivity contribution in [3.8, 4) is 5.75 Å². The van der Waals surface area contributed by atoms with Crippen molar-refractivity contribution in [2.24, 2.45) is 0 Å². The number of carbonyl (C=O) groups is 2. The number of fused-ring (bicyclic) bond motifs is 2. The minimum Gasteiger partial charge on any atom is -0.419 e. The lowest BCUT2D eigenvalue weighted by atomic mass is 9.80. The van der Waals surface area contributed by atoms with Gasteiger partial charge in [0.25, 0.3) is 0 Å². The lowest BCUT2D eigenvalue weighted by Crippen LogP contribution is -2.32. The van der Waals surface area contributed by atoms with Crippen LogP contribution in [0.1, 0.15) is 34.5 Å². The van der Waals surface area contributed by atoms with Crippen LogP contribution in [0.2, 0.25) is 0 Å². The Bertz CT molecular complexity index is 937. The molecule has 2 aromatic rings. The topological polar surface area (TPSA) is 95.9 Å². The summed E-state index contributed by atoms with van der Waals surface area (Å²) in [6.07, 6.45) is -14.2. The maximum absolute atomic E-state index is 12.6. The second kappa shape index (κ2) is 7.29. The molecule has 1 amide bonds. The Labute approximate surface area is 163 Å². The van der Waals surface area contributed by atoms with E-state index < -0.39 is 59.0 Å². The van der Waals surface area contributed by atoms with E-state index >= 15 is 0 Å². The highest BCUT2D eigenvalue weighted by atomic mass is 19.4. The number of carbonyl (C=O) groups excluding carboxylic acids is 2. The molecule has 2 atom stereocenters. The van der Waals surface area contributed by atoms with Crippen LogP contribution in [0.15, 0.2) is 36.4 Å². The number of alkyl halides is 6. The molecule has 0 fully saturated rings. The van der Waals surface area contributed by atoms with E-state index in [1.807, 2.05) is 0 Å². The lowest BCUT2D eigenvalue weighted by Gasteiger charge is -2.32. The molecular weight excluding hydrogens is 424 g/mol. The zero-order chi connectivity index (χ0) is 22.4. The smallest absolute Gasteiger partial charge is 0.419 e. The summed E-state index contributed by atoms with van der Waals surface area (Å²) < 4.78 is 80.0. The fraction of sp³-hybridized carbons (Fsp3) is 0.222. The number of hydrogen-bond donors (Lipinski definition) is 3. The van der Waals surface area contributed by atoms with Crippen LogP contribution >= 0.6 is 0 Å². The minimum absolute atomic E-state index is 0.0288. The summed E-state index contributed by atoms with van der Waals surface area (Å²) >= 11 is 0. The highest BCUT2D eigenvalue weighted by Crippen LogP contribution is 2.48. The highest BCUT2D eigenvalue weighted by molar-refractivity contribution is 5.96. The summed E-state index contributed by atoms with van der Waals surface area (Å²) in [6, 6.07) is 6.94. The van der Waals surface area contributed by atoms with Gasteiger partial charge >= 0.3 is 24.2 Å². The summed E-state index contributed by atoms with van der Waals surface area (Å²) in [7, 11) is 0. The summed E-state index contributed by atoms with van der Waals surface area (Å²) in [5, 5.41) is 22.8. The predicted molar refractivity (Wildman–Crippen MR) is 87.4 cm³/mol. The standard InChI is InChI=1S/C18H11F6NO5/c19-17(20,21)15(28)25-9-5-6-10(30-16(29)18(22,23)24)12-11(9)13(26)7-3-1-2-4-8(7)14(12)27/h1-6,13-14,26-27H,(H,25,28). The lowest BCUT2D eigenvalue weighted by molar-refractivity contribution is -0.189. The Morgan fingerprint density at radius 2 is 1.37 bits per heavy atom. The van der Waals surface area contributed by atoms with Crippen LogP contribution in [0.4, 0.5) is 32.0 Å². The first-order valence-corrected chi connectivity index (χ1v) is 8.11. The highest BCUT2D eigenvalue weighted by Gasteiger charge is 2.44. The largest absolute Gasteiger partial charge is 0.491 e. The van der Waals surface area contributed by atoms with Gasteiger partial charge < -0.3 is 20.3 Å². The molecule has 1 aliphatic carbocycles. The van der Waals surface area contributed by atoms with Gasteiger partial charge in [0, 0.05) is 16.8 Å². The summed E-state index contributed by atoms with van der Waals surface area (Å²) in [4.78, 5) is 22.6. The molecule has 12 heteroatoms. The Balaban J connectivity index is 2.18. The second-order valence-electron chi connectivity index (χ2n) is 6.21. The number of halogens is 6. The van der Waals surface area contributed by atoms with Gasteiger partial charge in [-0.3, -0.25) is 4.79 Å². The molecule has 30 heavy (non-hydrogen) atoms. The van der Waals surface area contributed by atoms with Crippen molar-refractivity contribution in [1.29, 1.82) is 0 Å². The summed E-state index contributed by atoms with van der Waals surface area (Å²) in [5.74, 6) is -5.89. The van der Waals surface area contributed by atoms with E-state index in [1.54, 1.807) is 0 Å². The number of esters is 1. The molecule has 3 N–H and O–H groups in total. The molecule has 160 valence electrons. The minimum atomic E-state index is -5.40. The molecular formula is C18H11F6NO5. The molecule has 2 aromatic carbocycles. The molecule has 0 aliphatic heterocycles. The van der Waals surface area contributed by atoms with Crippen molar-refractivity contribution in [3.05, 3.63) is 58.7 Å². The molecule has 6 nitrogen and oxygen atoms in total. The first-order valence-electron chi connectivity index (χ1n) is 8.11. The number of rotatable bonds is 2. The van der Waals surface area contributed by atoms with Gasteiger partial charge in [-0.2, -0.15) is 26.3 Å². The number of nitrogens with one attached hydrogen (secondary N) is 1.